The first-order valence-corrected chi connectivity index (χ1v) is 4.17. The van der Waals surface area contributed by atoms with E-state index in [4.69, 9.17) is 21.1 Å². The first kappa shape index (κ1) is 8.20. The molecule has 0 fully saturated rings. The molecule has 13 heavy (non-hydrogen) atoms. The lowest BCUT2D eigenvalue weighted by molar-refractivity contribution is 0.475. The van der Waals surface area contributed by atoms with E-state index < -0.39 is 0 Å². The van der Waals surface area contributed by atoms with E-state index in [0.717, 1.165) is 5.56 Å². The molecule has 0 spiro atoms. The minimum Gasteiger partial charge on any atom is -0.508 e. The SMILES string of the molecule is Oc1ccc(-c2cc(Cl)co2)cc1. The zero-order valence-electron chi connectivity index (χ0n) is 6.70. The monoisotopic (exact) mass is 194 g/mol. The molecule has 1 aromatic carbocycles. The molecule has 0 aliphatic carbocycles. The first-order valence-electron chi connectivity index (χ1n) is 3.79. The van der Waals surface area contributed by atoms with E-state index in [-0.39, 0.29) is 5.75 Å². The number of furan rings is 1. The average molecular weight is 195 g/mol. The normalized spacial score (nSPS) is 10.2. The summed E-state index contributed by atoms with van der Waals surface area (Å²) in [6.07, 6.45) is 1.48. The maximum Gasteiger partial charge on any atom is 0.135 e. The van der Waals surface area contributed by atoms with Crippen molar-refractivity contribution >= 4 is 11.6 Å². The van der Waals surface area contributed by atoms with Gasteiger partial charge in [-0.2, -0.15) is 0 Å². The quantitative estimate of drug-likeness (QED) is 0.756. The number of halogens is 1. The Balaban J connectivity index is 2.41. The highest BCUT2D eigenvalue weighted by atomic mass is 35.5. The lowest BCUT2D eigenvalue weighted by atomic mass is 10.2. The van der Waals surface area contributed by atoms with Gasteiger partial charge in [-0.1, -0.05) is 11.6 Å². The van der Waals surface area contributed by atoms with Gasteiger partial charge in [0.1, 0.15) is 17.8 Å². The van der Waals surface area contributed by atoms with Crippen molar-refractivity contribution in [2.24, 2.45) is 0 Å². The highest BCUT2D eigenvalue weighted by molar-refractivity contribution is 6.30. The molecule has 3 heteroatoms. The molecule has 0 unspecified atom stereocenters. The third kappa shape index (κ3) is 1.68. The summed E-state index contributed by atoms with van der Waals surface area (Å²) in [5.74, 6) is 0.936. The Kier molecular flexibility index (Phi) is 1.99. The van der Waals surface area contributed by atoms with Crippen molar-refractivity contribution in [1.29, 1.82) is 0 Å². The smallest absolute Gasteiger partial charge is 0.135 e. The fourth-order valence-corrected chi connectivity index (χ4v) is 1.23. The maximum atomic E-state index is 9.05. The van der Waals surface area contributed by atoms with Crippen LogP contribution < -0.4 is 0 Å². The number of hydrogen-bond donors (Lipinski definition) is 1. The zero-order valence-corrected chi connectivity index (χ0v) is 7.45. The third-order valence-electron chi connectivity index (χ3n) is 1.72. The topological polar surface area (TPSA) is 33.4 Å². The van der Waals surface area contributed by atoms with E-state index in [2.05, 4.69) is 0 Å². The van der Waals surface area contributed by atoms with Crippen LogP contribution in [0.5, 0.6) is 5.75 Å². The van der Waals surface area contributed by atoms with E-state index in [0.29, 0.717) is 10.8 Å². The van der Waals surface area contributed by atoms with Gasteiger partial charge in [-0.05, 0) is 24.3 Å². The highest BCUT2D eigenvalue weighted by Crippen LogP contribution is 2.25. The largest absolute Gasteiger partial charge is 0.508 e. The molecule has 1 aromatic heterocycles. The maximum absolute atomic E-state index is 9.05. The molecule has 1 N–H and O–H groups in total. The second-order valence-corrected chi connectivity index (χ2v) is 3.11. The molecule has 0 aliphatic heterocycles. The van der Waals surface area contributed by atoms with E-state index in [1.54, 1.807) is 30.3 Å². The number of aromatic hydroxyl groups is 1. The fourth-order valence-electron chi connectivity index (χ4n) is 1.09. The molecular formula is C10H7ClO2. The van der Waals surface area contributed by atoms with E-state index >= 15 is 0 Å². The van der Waals surface area contributed by atoms with E-state index in [1.165, 1.54) is 6.26 Å². The molecule has 2 aromatic rings. The van der Waals surface area contributed by atoms with Gasteiger partial charge in [0.2, 0.25) is 0 Å². The Bertz CT molecular complexity index is 403. The van der Waals surface area contributed by atoms with Gasteiger partial charge < -0.3 is 9.52 Å². The fraction of sp³-hybridized carbons (Fsp3) is 0. The van der Waals surface area contributed by atoms with Crippen LogP contribution in [0.4, 0.5) is 0 Å². The van der Waals surface area contributed by atoms with Gasteiger partial charge in [0.15, 0.2) is 0 Å². The second-order valence-electron chi connectivity index (χ2n) is 2.68. The summed E-state index contributed by atoms with van der Waals surface area (Å²) in [7, 11) is 0. The third-order valence-corrected chi connectivity index (χ3v) is 1.92. The molecule has 0 saturated heterocycles. The van der Waals surface area contributed by atoms with Crippen LogP contribution in [0, 0.1) is 0 Å². The molecule has 0 bridgehead atoms. The molecule has 1 heterocycles. The summed E-state index contributed by atoms with van der Waals surface area (Å²) >= 11 is 5.70. The Hall–Kier alpha value is -1.41. The van der Waals surface area contributed by atoms with Crippen molar-refractivity contribution in [1.82, 2.24) is 0 Å². The van der Waals surface area contributed by atoms with Gasteiger partial charge in [-0.15, -0.1) is 0 Å². The van der Waals surface area contributed by atoms with Crippen LogP contribution in [0.25, 0.3) is 11.3 Å². The van der Waals surface area contributed by atoms with Crippen LogP contribution in [0.15, 0.2) is 41.0 Å². The predicted molar refractivity (Wildman–Crippen MR) is 50.8 cm³/mol. The van der Waals surface area contributed by atoms with Crippen molar-refractivity contribution < 1.29 is 9.52 Å². The molecule has 0 atom stereocenters. The van der Waals surface area contributed by atoms with Crippen LogP contribution in [0.2, 0.25) is 5.02 Å². The minimum absolute atomic E-state index is 0.237. The summed E-state index contributed by atoms with van der Waals surface area (Å²) in [4.78, 5) is 0. The zero-order chi connectivity index (χ0) is 9.26. The van der Waals surface area contributed by atoms with Crippen LogP contribution in [-0.4, -0.2) is 5.11 Å². The number of phenolic OH excluding ortho intramolecular Hbond substituents is 1. The van der Waals surface area contributed by atoms with Crippen LogP contribution in [0.3, 0.4) is 0 Å². The van der Waals surface area contributed by atoms with Gasteiger partial charge in [-0.25, -0.2) is 0 Å². The van der Waals surface area contributed by atoms with Crippen molar-refractivity contribution in [3.05, 3.63) is 41.6 Å². The number of rotatable bonds is 1. The van der Waals surface area contributed by atoms with Crippen LogP contribution in [-0.2, 0) is 0 Å². The van der Waals surface area contributed by atoms with Crippen LogP contribution >= 0.6 is 11.6 Å². The summed E-state index contributed by atoms with van der Waals surface area (Å²) in [6.45, 7) is 0. The van der Waals surface area contributed by atoms with Gasteiger partial charge in [-0.3, -0.25) is 0 Å². The molecule has 0 aliphatic rings. The van der Waals surface area contributed by atoms with Gasteiger partial charge in [0.25, 0.3) is 0 Å². The molecule has 66 valence electrons. The Morgan fingerprint density at radius 1 is 1.15 bits per heavy atom. The minimum atomic E-state index is 0.237. The number of phenols is 1. The molecule has 2 rings (SSSR count). The van der Waals surface area contributed by atoms with Crippen molar-refractivity contribution in [3.8, 4) is 17.1 Å². The summed E-state index contributed by atoms with van der Waals surface area (Å²) in [5, 5.41) is 9.62. The van der Waals surface area contributed by atoms with E-state index in [1.807, 2.05) is 0 Å². The lowest BCUT2D eigenvalue weighted by Gasteiger charge is -1.95. The predicted octanol–water partition coefficient (Wildman–Crippen LogP) is 3.31. The van der Waals surface area contributed by atoms with Crippen molar-refractivity contribution in [2.45, 2.75) is 0 Å². The molecule has 0 saturated carbocycles. The average Bonchev–Trinajstić information content (AvgIpc) is 2.53. The Morgan fingerprint density at radius 3 is 2.38 bits per heavy atom. The first-order chi connectivity index (χ1) is 6.25. The van der Waals surface area contributed by atoms with Crippen molar-refractivity contribution in [2.75, 3.05) is 0 Å². The molecular weight excluding hydrogens is 188 g/mol. The van der Waals surface area contributed by atoms with Crippen LogP contribution in [0.1, 0.15) is 0 Å². The van der Waals surface area contributed by atoms with Gasteiger partial charge in [0.05, 0.1) is 5.02 Å². The highest BCUT2D eigenvalue weighted by Gasteiger charge is 2.02. The van der Waals surface area contributed by atoms with Gasteiger partial charge >= 0.3 is 0 Å². The summed E-state index contributed by atoms with van der Waals surface area (Å²) in [6, 6.07) is 8.47. The standard InChI is InChI=1S/C10H7ClO2/c11-8-5-10(13-6-8)7-1-3-9(12)4-2-7/h1-6,12H. The molecule has 2 nitrogen and oxygen atoms in total. The summed E-state index contributed by atoms with van der Waals surface area (Å²) < 4.78 is 5.18. The molecule has 0 amide bonds. The Labute approximate surface area is 80.4 Å². The number of hydrogen-bond acceptors (Lipinski definition) is 2. The summed E-state index contributed by atoms with van der Waals surface area (Å²) in [5.41, 5.74) is 0.893. The van der Waals surface area contributed by atoms with Gasteiger partial charge in [0, 0.05) is 11.6 Å². The van der Waals surface area contributed by atoms with E-state index in [9.17, 15) is 0 Å². The number of benzene rings is 1. The second kappa shape index (κ2) is 3.15. The Morgan fingerprint density at radius 2 is 1.85 bits per heavy atom. The van der Waals surface area contributed by atoms with Crippen molar-refractivity contribution in [3.63, 3.8) is 0 Å². The lowest BCUT2D eigenvalue weighted by Crippen LogP contribution is -1.71. The molecule has 0 radical (unpaired) electrons.